The molecule has 1 atom stereocenters. The number of aryl methyl sites for hydroxylation is 1. The number of rotatable bonds is 4. The summed E-state index contributed by atoms with van der Waals surface area (Å²) >= 11 is 0. The Kier molecular flexibility index (Phi) is 7.14. The normalized spacial score (nSPS) is 11.1. The van der Waals surface area contributed by atoms with Crippen molar-refractivity contribution in [3.8, 4) is 0 Å². The Bertz CT molecular complexity index is 644. The fraction of sp³-hybridized carbons (Fsp3) is 0.250. The first-order chi connectivity index (χ1) is 8.95. The lowest BCUT2D eigenvalue weighted by atomic mass is 10.2. The number of nitrogens with one attached hydrogen (secondary N) is 1. The van der Waals surface area contributed by atoms with E-state index in [0.717, 1.165) is 0 Å². The summed E-state index contributed by atoms with van der Waals surface area (Å²) in [4.78, 5) is 26.5. The van der Waals surface area contributed by atoms with Crippen molar-refractivity contribution in [3.05, 3.63) is 24.1 Å². The van der Waals surface area contributed by atoms with Gasteiger partial charge in [-0.1, -0.05) is 0 Å². The van der Waals surface area contributed by atoms with E-state index < -0.39 is 17.9 Å². The van der Waals surface area contributed by atoms with Crippen molar-refractivity contribution >= 4 is 53.4 Å². The number of carbonyl (C=O) groups excluding carboxylic acids is 2. The molecule has 0 saturated carbocycles. The Morgan fingerprint density at radius 3 is 2.67 bits per heavy atom. The number of hydrogen-bond donors (Lipinski definition) is 3. The summed E-state index contributed by atoms with van der Waals surface area (Å²) in [5, 5.41) is 2.60. The molecule has 0 bridgehead atoms. The van der Waals surface area contributed by atoms with Crippen LogP contribution in [0.2, 0.25) is 0 Å². The molecule has 1 heterocycles. The molecular weight excluding hydrogens is 319 g/mol. The highest BCUT2D eigenvalue weighted by molar-refractivity contribution is 5.98. The van der Waals surface area contributed by atoms with E-state index >= 15 is 0 Å². The van der Waals surface area contributed by atoms with Crippen LogP contribution in [0, 0.1) is 6.92 Å². The summed E-state index contributed by atoms with van der Waals surface area (Å²) in [5.41, 5.74) is 12.3. The monoisotopic (exact) mass is 334 g/mol. The molecule has 9 heteroatoms. The van der Waals surface area contributed by atoms with Crippen LogP contribution in [-0.2, 0) is 9.59 Å². The Morgan fingerprint density at radius 2 is 2.05 bits per heavy atom. The van der Waals surface area contributed by atoms with Gasteiger partial charge in [0.25, 0.3) is 0 Å². The predicted octanol–water partition coefficient (Wildman–Crippen LogP) is 1.12. The second-order valence-corrected chi connectivity index (χ2v) is 4.18. The number of carbonyl (C=O) groups is 2. The molecule has 2 aromatic rings. The van der Waals surface area contributed by atoms with E-state index in [4.69, 9.17) is 15.9 Å². The number of primary amides is 1. The molecule has 0 aliphatic rings. The summed E-state index contributed by atoms with van der Waals surface area (Å²) in [6.07, 6.45) is -0.197. The molecule has 0 spiro atoms. The van der Waals surface area contributed by atoms with Crippen LogP contribution in [0.4, 0.5) is 5.69 Å². The van der Waals surface area contributed by atoms with Gasteiger partial charge in [-0.3, -0.25) is 9.59 Å². The highest BCUT2D eigenvalue weighted by atomic mass is 35.5. The van der Waals surface area contributed by atoms with Gasteiger partial charge in [0.2, 0.25) is 11.8 Å². The van der Waals surface area contributed by atoms with Crippen LogP contribution in [0.5, 0.6) is 0 Å². The molecule has 0 saturated heterocycles. The van der Waals surface area contributed by atoms with Gasteiger partial charge in [-0.05, 0) is 18.2 Å². The van der Waals surface area contributed by atoms with Gasteiger partial charge >= 0.3 is 0 Å². The minimum absolute atomic E-state index is 0. The second kappa shape index (κ2) is 7.82. The van der Waals surface area contributed by atoms with Crippen molar-refractivity contribution in [2.75, 3.05) is 5.32 Å². The van der Waals surface area contributed by atoms with Gasteiger partial charge in [-0.2, -0.15) is 0 Å². The van der Waals surface area contributed by atoms with Crippen molar-refractivity contribution in [2.24, 2.45) is 11.5 Å². The van der Waals surface area contributed by atoms with Gasteiger partial charge in [0, 0.05) is 12.6 Å². The molecule has 2 amide bonds. The average molecular weight is 335 g/mol. The van der Waals surface area contributed by atoms with Crippen LogP contribution < -0.4 is 16.8 Å². The largest absolute Gasteiger partial charge is 0.441 e. The van der Waals surface area contributed by atoms with E-state index in [1.807, 2.05) is 0 Å². The van der Waals surface area contributed by atoms with E-state index in [1.165, 1.54) is 0 Å². The van der Waals surface area contributed by atoms with Crippen molar-refractivity contribution in [2.45, 2.75) is 19.4 Å². The molecule has 2 rings (SSSR count). The summed E-state index contributed by atoms with van der Waals surface area (Å²) in [5.74, 6) is -0.549. The van der Waals surface area contributed by atoms with Crippen molar-refractivity contribution in [1.82, 2.24) is 4.98 Å². The maximum absolute atomic E-state index is 11.7. The molecule has 1 aromatic carbocycles. The van der Waals surface area contributed by atoms with Gasteiger partial charge in [0.15, 0.2) is 11.5 Å². The molecular formula is C12H16Cl2N4O3. The highest BCUT2D eigenvalue weighted by Crippen LogP contribution is 2.19. The van der Waals surface area contributed by atoms with Crippen molar-refractivity contribution in [1.29, 1.82) is 0 Å². The number of nitrogens with two attached hydrogens (primary N) is 2. The third-order valence-corrected chi connectivity index (χ3v) is 2.52. The first-order valence-electron chi connectivity index (χ1n) is 5.67. The smallest absolute Gasteiger partial charge is 0.241 e. The topological polar surface area (TPSA) is 124 Å². The molecule has 1 aromatic heterocycles. The van der Waals surface area contributed by atoms with Crippen molar-refractivity contribution in [3.63, 3.8) is 0 Å². The molecule has 0 aliphatic heterocycles. The molecule has 21 heavy (non-hydrogen) atoms. The summed E-state index contributed by atoms with van der Waals surface area (Å²) in [7, 11) is 0. The van der Waals surface area contributed by atoms with Crippen LogP contribution in [0.3, 0.4) is 0 Å². The summed E-state index contributed by atoms with van der Waals surface area (Å²) in [6, 6.07) is 4.07. The average Bonchev–Trinajstić information content (AvgIpc) is 2.67. The number of oxazole rings is 1. The van der Waals surface area contributed by atoms with Crippen molar-refractivity contribution < 1.29 is 14.0 Å². The molecule has 7 nitrogen and oxygen atoms in total. The first kappa shape index (κ1) is 19.2. The standard InChI is InChI=1S/C12H14N4O3.2ClH/c1-6-15-9-4-7(2-3-10(9)19-6)16-12(18)8(13)5-11(14)17;;/h2-4,8H,5,13H2,1H3,(H2,14,17)(H,16,18);2*1H. The number of benzene rings is 1. The van der Waals surface area contributed by atoms with E-state index in [-0.39, 0.29) is 31.2 Å². The van der Waals surface area contributed by atoms with Crippen LogP contribution in [-0.4, -0.2) is 22.8 Å². The number of anilines is 1. The van der Waals surface area contributed by atoms with E-state index in [1.54, 1.807) is 25.1 Å². The third kappa shape index (κ3) is 4.89. The SMILES string of the molecule is Cc1nc2cc(NC(=O)C(N)CC(N)=O)ccc2o1.Cl.Cl. The van der Waals surface area contributed by atoms with Crippen LogP contribution >= 0.6 is 24.8 Å². The lowest BCUT2D eigenvalue weighted by molar-refractivity contribution is -0.123. The minimum Gasteiger partial charge on any atom is -0.441 e. The predicted molar refractivity (Wildman–Crippen MR) is 83.7 cm³/mol. The zero-order chi connectivity index (χ0) is 14.0. The molecule has 0 fully saturated rings. The second-order valence-electron chi connectivity index (χ2n) is 4.18. The fourth-order valence-corrected chi connectivity index (χ4v) is 1.66. The van der Waals surface area contributed by atoms with Crippen LogP contribution in [0.15, 0.2) is 22.6 Å². The number of hydrogen-bond acceptors (Lipinski definition) is 5. The minimum atomic E-state index is -0.966. The van der Waals surface area contributed by atoms with Gasteiger partial charge in [-0.15, -0.1) is 24.8 Å². The number of halogens is 2. The Balaban J connectivity index is 0.00000200. The Morgan fingerprint density at radius 1 is 1.38 bits per heavy atom. The molecule has 1 unspecified atom stereocenters. The summed E-state index contributed by atoms with van der Waals surface area (Å²) < 4.78 is 5.32. The third-order valence-electron chi connectivity index (χ3n) is 2.52. The zero-order valence-electron chi connectivity index (χ0n) is 11.2. The van der Waals surface area contributed by atoms with E-state index in [9.17, 15) is 9.59 Å². The first-order valence-corrected chi connectivity index (χ1v) is 5.67. The maximum atomic E-state index is 11.7. The van der Waals surface area contributed by atoms with E-state index in [2.05, 4.69) is 10.3 Å². The lowest BCUT2D eigenvalue weighted by Gasteiger charge is -2.10. The Labute approximate surface area is 133 Å². The van der Waals surface area contributed by atoms with E-state index in [0.29, 0.717) is 22.7 Å². The van der Waals surface area contributed by atoms with Crippen LogP contribution in [0.25, 0.3) is 11.1 Å². The van der Waals surface area contributed by atoms with Gasteiger partial charge in [0.1, 0.15) is 5.52 Å². The highest BCUT2D eigenvalue weighted by Gasteiger charge is 2.16. The molecule has 0 radical (unpaired) electrons. The molecule has 5 N–H and O–H groups in total. The van der Waals surface area contributed by atoms with Gasteiger partial charge in [0.05, 0.1) is 12.5 Å². The zero-order valence-corrected chi connectivity index (χ0v) is 12.8. The lowest BCUT2D eigenvalue weighted by Crippen LogP contribution is -2.38. The van der Waals surface area contributed by atoms with Crippen LogP contribution in [0.1, 0.15) is 12.3 Å². The maximum Gasteiger partial charge on any atom is 0.241 e. The Hall–Kier alpha value is -1.83. The quantitative estimate of drug-likeness (QED) is 0.772. The van der Waals surface area contributed by atoms with Gasteiger partial charge in [-0.25, -0.2) is 4.98 Å². The molecule has 116 valence electrons. The number of amides is 2. The fourth-order valence-electron chi connectivity index (χ4n) is 1.66. The van der Waals surface area contributed by atoms with Gasteiger partial charge < -0.3 is 21.2 Å². The molecule has 0 aliphatic carbocycles. The number of aromatic nitrogens is 1. The number of fused-ring (bicyclic) bond motifs is 1. The number of nitrogens with zero attached hydrogens (tertiary/aromatic N) is 1. The summed E-state index contributed by atoms with van der Waals surface area (Å²) in [6.45, 7) is 1.74.